The van der Waals surface area contributed by atoms with Gasteiger partial charge in [-0.3, -0.25) is 4.79 Å². The third-order valence-corrected chi connectivity index (χ3v) is 5.80. The van der Waals surface area contributed by atoms with Gasteiger partial charge in [0.25, 0.3) is 5.91 Å². The van der Waals surface area contributed by atoms with E-state index < -0.39 is 0 Å². The third-order valence-electron chi connectivity index (χ3n) is 5.80. The van der Waals surface area contributed by atoms with Crippen molar-refractivity contribution >= 4 is 5.91 Å². The van der Waals surface area contributed by atoms with Gasteiger partial charge in [0.1, 0.15) is 5.75 Å². The lowest BCUT2D eigenvalue weighted by Crippen LogP contribution is -2.41. The van der Waals surface area contributed by atoms with Crippen LogP contribution in [0.25, 0.3) is 0 Å². The summed E-state index contributed by atoms with van der Waals surface area (Å²) >= 11 is 0. The Morgan fingerprint density at radius 2 is 2.22 bits per heavy atom. The molecule has 0 radical (unpaired) electrons. The lowest BCUT2D eigenvalue weighted by molar-refractivity contribution is 0.00472. The van der Waals surface area contributed by atoms with E-state index in [1.54, 1.807) is 19.2 Å². The van der Waals surface area contributed by atoms with Crippen molar-refractivity contribution in [1.29, 1.82) is 0 Å². The Bertz CT molecular complexity index is 603. The number of rotatable bonds is 4. The summed E-state index contributed by atoms with van der Waals surface area (Å²) in [5.74, 6) is 1.74. The molecule has 5 nitrogen and oxygen atoms in total. The molecule has 0 aromatic heterocycles. The van der Waals surface area contributed by atoms with Gasteiger partial charge in [0.2, 0.25) is 0 Å². The standard InChI is InChI=1S/C18H24N2O3/c1-20-10-15-14(16-7-8-18(15,11-20)23-16)9-19-17(21)12-3-5-13(22-2)6-4-12/h3-6,14-16H,7-11H2,1-2H3,(H,19,21)/t14-,15+,16+,18+/m0/s1. The molecule has 0 unspecified atom stereocenters. The molecule has 4 atom stereocenters. The molecule has 2 bridgehead atoms. The fraction of sp³-hybridized carbons (Fsp3) is 0.611. The molecule has 3 saturated heterocycles. The maximum Gasteiger partial charge on any atom is 0.251 e. The van der Waals surface area contributed by atoms with Crippen molar-refractivity contribution in [3.63, 3.8) is 0 Å². The number of likely N-dealkylation sites (tertiary alicyclic amines) is 1. The summed E-state index contributed by atoms with van der Waals surface area (Å²) in [7, 11) is 3.79. The highest BCUT2D eigenvalue weighted by atomic mass is 16.5. The molecule has 0 saturated carbocycles. The van der Waals surface area contributed by atoms with Crippen molar-refractivity contribution < 1.29 is 14.3 Å². The maximum absolute atomic E-state index is 12.4. The van der Waals surface area contributed by atoms with Gasteiger partial charge >= 0.3 is 0 Å². The number of amides is 1. The molecule has 124 valence electrons. The quantitative estimate of drug-likeness (QED) is 0.915. The monoisotopic (exact) mass is 316 g/mol. The third kappa shape index (κ3) is 2.42. The maximum atomic E-state index is 12.4. The molecule has 1 amide bonds. The van der Waals surface area contributed by atoms with Gasteiger partial charge in [0.05, 0.1) is 18.8 Å². The van der Waals surface area contributed by atoms with Crippen molar-refractivity contribution in [1.82, 2.24) is 10.2 Å². The second-order valence-corrected chi connectivity index (χ2v) is 7.17. The largest absolute Gasteiger partial charge is 0.497 e. The summed E-state index contributed by atoms with van der Waals surface area (Å²) in [5, 5.41) is 3.11. The fourth-order valence-corrected chi connectivity index (χ4v) is 4.75. The first-order chi connectivity index (χ1) is 11.1. The molecule has 1 spiro atoms. The van der Waals surface area contributed by atoms with Crippen LogP contribution in [-0.4, -0.2) is 56.3 Å². The van der Waals surface area contributed by atoms with Crippen LogP contribution in [0.3, 0.4) is 0 Å². The highest BCUT2D eigenvalue weighted by Crippen LogP contribution is 2.54. The van der Waals surface area contributed by atoms with Crippen LogP contribution in [0.2, 0.25) is 0 Å². The first-order valence-corrected chi connectivity index (χ1v) is 8.40. The van der Waals surface area contributed by atoms with Crippen LogP contribution in [-0.2, 0) is 4.74 Å². The average molecular weight is 316 g/mol. The average Bonchev–Trinajstić information content (AvgIpc) is 3.19. The Morgan fingerprint density at radius 1 is 1.43 bits per heavy atom. The van der Waals surface area contributed by atoms with E-state index in [0.29, 0.717) is 30.0 Å². The second-order valence-electron chi connectivity index (χ2n) is 7.17. The predicted molar refractivity (Wildman–Crippen MR) is 86.6 cm³/mol. The Balaban J connectivity index is 1.40. The molecule has 3 heterocycles. The van der Waals surface area contributed by atoms with Crippen molar-refractivity contribution in [2.75, 3.05) is 33.8 Å². The lowest BCUT2D eigenvalue weighted by Gasteiger charge is -2.29. The fourth-order valence-electron chi connectivity index (χ4n) is 4.75. The molecule has 5 heteroatoms. The van der Waals surface area contributed by atoms with Crippen molar-refractivity contribution in [2.45, 2.75) is 24.5 Å². The number of nitrogens with zero attached hydrogens (tertiary/aromatic N) is 1. The zero-order valence-corrected chi connectivity index (χ0v) is 13.7. The van der Waals surface area contributed by atoms with Gasteiger partial charge in [-0.1, -0.05) is 0 Å². The van der Waals surface area contributed by atoms with E-state index in [4.69, 9.17) is 9.47 Å². The summed E-state index contributed by atoms with van der Waals surface area (Å²) in [5.41, 5.74) is 0.739. The van der Waals surface area contributed by atoms with E-state index in [2.05, 4.69) is 17.3 Å². The first kappa shape index (κ1) is 15.0. The summed E-state index contributed by atoms with van der Waals surface area (Å²) in [4.78, 5) is 14.7. The van der Waals surface area contributed by atoms with E-state index in [1.807, 2.05) is 12.1 Å². The number of carbonyl (C=O) groups excluding carboxylic acids is 1. The summed E-state index contributed by atoms with van der Waals surface area (Å²) in [6, 6.07) is 7.24. The molecule has 0 aliphatic carbocycles. The van der Waals surface area contributed by atoms with E-state index in [1.165, 1.54) is 6.42 Å². The molecule has 1 N–H and O–H groups in total. The molecule has 3 aliphatic heterocycles. The van der Waals surface area contributed by atoms with Gasteiger partial charge in [-0.25, -0.2) is 0 Å². The molecule has 3 aliphatic rings. The number of hydrogen-bond acceptors (Lipinski definition) is 4. The number of nitrogens with one attached hydrogen (secondary N) is 1. The predicted octanol–water partition coefficient (Wildman–Crippen LogP) is 1.53. The Labute approximate surface area is 136 Å². The van der Waals surface area contributed by atoms with Crippen molar-refractivity contribution in [3.8, 4) is 5.75 Å². The van der Waals surface area contributed by atoms with E-state index in [-0.39, 0.29) is 11.5 Å². The van der Waals surface area contributed by atoms with Crippen LogP contribution in [0.4, 0.5) is 0 Å². The summed E-state index contributed by atoms with van der Waals surface area (Å²) < 4.78 is 11.5. The number of carbonyl (C=O) groups is 1. The zero-order valence-electron chi connectivity index (χ0n) is 13.7. The van der Waals surface area contributed by atoms with Crippen LogP contribution in [0.15, 0.2) is 24.3 Å². The van der Waals surface area contributed by atoms with Crippen LogP contribution in [0.5, 0.6) is 5.75 Å². The normalized spacial score (nSPS) is 35.3. The highest BCUT2D eigenvalue weighted by molar-refractivity contribution is 5.94. The van der Waals surface area contributed by atoms with Gasteiger partial charge in [0, 0.05) is 37.0 Å². The van der Waals surface area contributed by atoms with E-state index >= 15 is 0 Å². The minimum absolute atomic E-state index is 0.0178. The minimum atomic E-state index is -0.0178. The van der Waals surface area contributed by atoms with Crippen LogP contribution >= 0.6 is 0 Å². The van der Waals surface area contributed by atoms with Gasteiger partial charge in [-0.2, -0.15) is 0 Å². The van der Waals surface area contributed by atoms with E-state index in [0.717, 1.165) is 25.3 Å². The summed E-state index contributed by atoms with van der Waals surface area (Å²) in [6.07, 6.45) is 2.63. The number of likely N-dealkylation sites (N-methyl/N-ethyl adjacent to an activating group) is 1. The molecular formula is C18H24N2O3. The zero-order chi connectivity index (χ0) is 16.0. The number of methoxy groups -OCH3 is 1. The van der Waals surface area contributed by atoms with Gasteiger partial charge in [-0.15, -0.1) is 0 Å². The number of hydrogen-bond donors (Lipinski definition) is 1. The molecule has 1 aromatic carbocycles. The molecule has 4 rings (SSSR count). The number of ether oxygens (including phenoxy) is 2. The smallest absolute Gasteiger partial charge is 0.251 e. The second kappa shape index (κ2) is 5.49. The van der Waals surface area contributed by atoms with Gasteiger partial charge in [0.15, 0.2) is 0 Å². The topological polar surface area (TPSA) is 50.8 Å². The van der Waals surface area contributed by atoms with Crippen LogP contribution in [0, 0.1) is 11.8 Å². The summed E-state index contributed by atoms with van der Waals surface area (Å²) in [6.45, 7) is 2.83. The van der Waals surface area contributed by atoms with Crippen LogP contribution < -0.4 is 10.1 Å². The van der Waals surface area contributed by atoms with Crippen molar-refractivity contribution in [2.24, 2.45) is 11.8 Å². The number of fused-ring (bicyclic) bond motifs is 1. The first-order valence-electron chi connectivity index (χ1n) is 8.40. The van der Waals surface area contributed by atoms with Gasteiger partial charge in [-0.05, 0) is 44.2 Å². The minimum Gasteiger partial charge on any atom is -0.497 e. The molecule has 1 aromatic rings. The van der Waals surface area contributed by atoms with Crippen molar-refractivity contribution in [3.05, 3.63) is 29.8 Å². The lowest BCUT2D eigenvalue weighted by atomic mass is 9.73. The molecular weight excluding hydrogens is 292 g/mol. The molecule has 3 fully saturated rings. The van der Waals surface area contributed by atoms with E-state index in [9.17, 15) is 4.79 Å². The Kier molecular flexibility index (Phi) is 3.58. The SMILES string of the molecule is COc1ccc(C(=O)NC[C@H]2[C@H]3CN(C)C[C@]34CC[C@H]2O4)cc1. The Morgan fingerprint density at radius 3 is 2.96 bits per heavy atom. The molecule has 23 heavy (non-hydrogen) atoms. The highest BCUT2D eigenvalue weighted by Gasteiger charge is 2.62. The number of benzene rings is 1. The Hall–Kier alpha value is -1.59. The van der Waals surface area contributed by atoms with Gasteiger partial charge < -0.3 is 19.7 Å². The van der Waals surface area contributed by atoms with Crippen LogP contribution in [0.1, 0.15) is 23.2 Å².